The monoisotopic (exact) mass is 419 g/mol. The van der Waals surface area contributed by atoms with E-state index in [9.17, 15) is 12.8 Å². The highest BCUT2D eigenvalue weighted by Gasteiger charge is 2.26. The minimum atomic E-state index is -3.49. The van der Waals surface area contributed by atoms with Crippen LogP contribution in [0.2, 0.25) is 0 Å². The van der Waals surface area contributed by atoms with Crippen molar-refractivity contribution in [1.82, 2.24) is 9.21 Å². The van der Waals surface area contributed by atoms with E-state index >= 15 is 0 Å². The number of aryl methyl sites for hydroxylation is 1. The average Bonchev–Trinajstić information content (AvgIpc) is 2.70. The summed E-state index contributed by atoms with van der Waals surface area (Å²) in [6.07, 6.45) is 1.60. The zero-order chi connectivity index (χ0) is 20.1. The lowest BCUT2D eigenvalue weighted by molar-refractivity contribution is 0.270. The number of hydrogen-bond donors (Lipinski definition) is 1. The van der Waals surface area contributed by atoms with E-state index in [4.69, 9.17) is 12.2 Å². The van der Waals surface area contributed by atoms with Crippen LogP contribution in [0.1, 0.15) is 11.1 Å². The molecular formula is C20H22FN3O2S2. The summed E-state index contributed by atoms with van der Waals surface area (Å²) in [5.74, 6) is -0.297. The molecule has 0 aliphatic carbocycles. The third kappa shape index (κ3) is 5.15. The van der Waals surface area contributed by atoms with Crippen molar-refractivity contribution in [2.45, 2.75) is 6.92 Å². The topological polar surface area (TPSA) is 52.6 Å². The van der Waals surface area contributed by atoms with Crippen molar-refractivity contribution >= 4 is 39.1 Å². The van der Waals surface area contributed by atoms with Crippen LogP contribution in [0.15, 0.2) is 53.9 Å². The van der Waals surface area contributed by atoms with Crippen LogP contribution in [-0.4, -0.2) is 48.9 Å². The summed E-state index contributed by atoms with van der Waals surface area (Å²) < 4.78 is 40.2. The molecule has 28 heavy (non-hydrogen) atoms. The molecule has 1 saturated heterocycles. The van der Waals surface area contributed by atoms with Crippen LogP contribution in [0.3, 0.4) is 0 Å². The Bertz CT molecular complexity index is 970. The van der Waals surface area contributed by atoms with Crippen LogP contribution in [0.4, 0.5) is 10.1 Å². The minimum absolute atomic E-state index is 0.297. The largest absolute Gasteiger partial charge is 0.346 e. The first-order valence-electron chi connectivity index (χ1n) is 8.90. The maximum atomic E-state index is 13.7. The molecule has 0 unspecified atom stereocenters. The van der Waals surface area contributed by atoms with Crippen molar-refractivity contribution in [2.24, 2.45) is 0 Å². The molecule has 0 aromatic heterocycles. The number of benzene rings is 2. The van der Waals surface area contributed by atoms with Crippen molar-refractivity contribution in [1.29, 1.82) is 0 Å². The van der Waals surface area contributed by atoms with Gasteiger partial charge in [-0.05, 0) is 48.5 Å². The fourth-order valence-electron chi connectivity index (χ4n) is 2.83. The second kappa shape index (κ2) is 8.81. The number of piperazine rings is 1. The van der Waals surface area contributed by atoms with Gasteiger partial charge >= 0.3 is 0 Å². The molecule has 0 saturated carbocycles. The second-order valence-electron chi connectivity index (χ2n) is 6.54. The van der Waals surface area contributed by atoms with Gasteiger partial charge in [0.15, 0.2) is 5.11 Å². The summed E-state index contributed by atoms with van der Waals surface area (Å²) in [4.78, 5) is 1.89. The minimum Gasteiger partial charge on any atom is -0.346 e. The SMILES string of the molecule is Cc1ccc(NC(=S)N2CCN(S(=O)(=O)/C=C/c3ccccc3)CC2)cc1F. The zero-order valence-electron chi connectivity index (χ0n) is 15.5. The van der Waals surface area contributed by atoms with Crippen molar-refractivity contribution < 1.29 is 12.8 Å². The number of thiocarbonyl (C=S) groups is 1. The zero-order valence-corrected chi connectivity index (χ0v) is 17.1. The lowest BCUT2D eigenvalue weighted by Crippen LogP contribution is -2.51. The molecule has 1 fully saturated rings. The van der Waals surface area contributed by atoms with Crippen LogP contribution >= 0.6 is 12.2 Å². The van der Waals surface area contributed by atoms with Gasteiger partial charge in [0.25, 0.3) is 0 Å². The molecule has 5 nitrogen and oxygen atoms in total. The molecule has 0 radical (unpaired) electrons. The maximum absolute atomic E-state index is 13.7. The maximum Gasteiger partial charge on any atom is 0.236 e. The Labute approximate surface area is 170 Å². The summed E-state index contributed by atoms with van der Waals surface area (Å²) in [7, 11) is -3.49. The Balaban J connectivity index is 1.56. The van der Waals surface area contributed by atoms with Gasteiger partial charge in [-0.2, -0.15) is 4.31 Å². The fraction of sp³-hybridized carbons (Fsp3) is 0.250. The summed E-state index contributed by atoms with van der Waals surface area (Å²) in [5, 5.41) is 4.71. The molecule has 2 aromatic carbocycles. The lowest BCUT2D eigenvalue weighted by atomic mass is 10.2. The van der Waals surface area contributed by atoms with Gasteiger partial charge in [0.05, 0.1) is 0 Å². The predicted molar refractivity (Wildman–Crippen MR) is 115 cm³/mol. The van der Waals surface area contributed by atoms with Gasteiger partial charge in [-0.3, -0.25) is 0 Å². The van der Waals surface area contributed by atoms with Crippen molar-refractivity contribution in [2.75, 3.05) is 31.5 Å². The summed E-state index contributed by atoms with van der Waals surface area (Å²) >= 11 is 5.39. The molecule has 0 atom stereocenters. The Kier molecular flexibility index (Phi) is 6.43. The fourth-order valence-corrected chi connectivity index (χ4v) is 4.31. The molecule has 0 amide bonds. The molecule has 1 N–H and O–H groups in total. The number of nitrogens with one attached hydrogen (secondary N) is 1. The Hall–Kier alpha value is -2.29. The number of halogens is 1. The number of nitrogens with zero attached hydrogens (tertiary/aromatic N) is 2. The molecule has 2 aromatic rings. The van der Waals surface area contributed by atoms with E-state index in [0.717, 1.165) is 5.56 Å². The van der Waals surface area contributed by atoms with Gasteiger partial charge in [-0.1, -0.05) is 36.4 Å². The van der Waals surface area contributed by atoms with Gasteiger partial charge in [0, 0.05) is 37.3 Å². The Morgan fingerprint density at radius 2 is 1.79 bits per heavy atom. The van der Waals surface area contributed by atoms with Gasteiger partial charge < -0.3 is 10.2 Å². The molecule has 1 heterocycles. The van der Waals surface area contributed by atoms with E-state index in [1.54, 1.807) is 25.1 Å². The molecule has 0 bridgehead atoms. The van der Waals surface area contributed by atoms with E-state index < -0.39 is 10.0 Å². The lowest BCUT2D eigenvalue weighted by Gasteiger charge is -2.35. The Morgan fingerprint density at radius 3 is 2.43 bits per heavy atom. The molecule has 1 aliphatic heterocycles. The molecule has 8 heteroatoms. The number of anilines is 1. The quantitative estimate of drug-likeness (QED) is 0.770. The highest BCUT2D eigenvalue weighted by atomic mass is 32.2. The van der Waals surface area contributed by atoms with E-state index in [2.05, 4.69) is 5.32 Å². The van der Waals surface area contributed by atoms with Crippen LogP contribution in [-0.2, 0) is 10.0 Å². The average molecular weight is 420 g/mol. The molecule has 0 spiro atoms. The van der Waals surface area contributed by atoms with E-state index in [1.165, 1.54) is 15.8 Å². The number of hydrogen-bond acceptors (Lipinski definition) is 3. The highest BCUT2D eigenvalue weighted by molar-refractivity contribution is 7.92. The van der Waals surface area contributed by atoms with E-state index in [0.29, 0.717) is 42.5 Å². The van der Waals surface area contributed by atoms with Crippen LogP contribution in [0.5, 0.6) is 0 Å². The van der Waals surface area contributed by atoms with Crippen molar-refractivity contribution in [3.8, 4) is 0 Å². The van der Waals surface area contributed by atoms with Gasteiger partial charge in [0.2, 0.25) is 10.0 Å². The van der Waals surface area contributed by atoms with Gasteiger partial charge in [0.1, 0.15) is 5.82 Å². The summed E-state index contributed by atoms with van der Waals surface area (Å²) in [6, 6.07) is 14.1. The standard InChI is InChI=1S/C20H22FN3O2S2/c1-16-7-8-18(15-19(16)21)22-20(27)23-10-12-24(13-11-23)28(25,26)14-9-17-5-3-2-4-6-17/h2-9,14-15H,10-13H2,1H3,(H,22,27)/b14-9+. The summed E-state index contributed by atoms with van der Waals surface area (Å²) in [5.41, 5.74) is 1.98. The smallest absolute Gasteiger partial charge is 0.236 e. The van der Waals surface area contributed by atoms with Crippen molar-refractivity contribution in [3.05, 3.63) is 70.9 Å². The first-order chi connectivity index (χ1) is 13.3. The second-order valence-corrected chi connectivity index (χ2v) is 8.74. The Morgan fingerprint density at radius 1 is 1.11 bits per heavy atom. The molecule has 1 aliphatic rings. The third-order valence-electron chi connectivity index (χ3n) is 4.54. The highest BCUT2D eigenvalue weighted by Crippen LogP contribution is 2.16. The third-order valence-corrected chi connectivity index (χ3v) is 6.47. The van der Waals surface area contributed by atoms with Gasteiger partial charge in [-0.25, -0.2) is 12.8 Å². The molecule has 148 valence electrons. The first kappa shape index (κ1) is 20.4. The van der Waals surface area contributed by atoms with Crippen LogP contribution in [0, 0.1) is 12.7 Å². The molecule has 3 rings (SSSR count). The molecular weight excluding hydrogens is 397 g/mol. The summed E-state index contributed by atoms with van der Waals surface area (Å²) in [6.45, 7) is 3.32. The van der Waals surface area contributed by atoms with Crippen molar-refractivity contribution in [3.63, 3.8) is 0 Å². The van der Waals surface area contributed by atoms with Crippen LogP contribution < -0.4 is 5.32 Å². The van der Waals surface area contributed by atoms with Gasteiger partial charge in [-0.15, -0.1) is 0 Å². The van der Waals surface area contributed by atoms with E-state index in [1.807, 2.05) is 35.2 Å². The van der Waals surface area contributed by atoms with Crippen LogP contribution in [0.25, 0.3) is 6.08 Å². The van der Waals surface area contributed by atoms with E-state index in [-0.39, 0.29) is 5.82 Å². The first-order valence-corrected chi connectivity index (χ1v) is 10.8. The number of rotatable bonds is 4. The number of sulfonamides is 1. The normalized spacial score (nSPS) is 15.7. The predicted octanol–water partition coefficient (Wildman–Crippen LogP) is 3.45.